The minimum atomic E-state index is -1.09. The maximum absolute atomic E-state index is 12.5. The van der Waals surface area contributed by atoms with Crippen molar-refractivity contribution in [3.05, 3.63) is 75.7 Å². The van der Waals surface area contributed by atoms with Gasteiger partial charge >= 0.3 is 12.1 Å². The number of carboxylic acid groups (broad SMARTS) is 1. The van der Waals surface area contributed by atoms with E-state index in [1.165, 1.54) is 27.8 Å². The van der Waals surface area contributed by atoms with Crippen LogP contribution in [0.4, 0.5) is 4.79 Å². The van der Waals surface area contributed by atoms with Gasteiger partial charge in [0.2, 0.25) is 5.91 Å². The number of carbonyl (C=O) groups excluding carboxylic acids is 2. The van der Waals surface area contributed by atoms with E-state index >= 15 is 0 Å². The number of alkyl carbamates (subject to hydrolysis) is 1. The highest BCUT2D eigenvalue weighted by molar-refractivity contribution is 7.09. The average Bonchev–Trinajstić information content (AvgIpc) is 3.59. The number of aromatic carboxylic acids is 1. The van der Waals surface area contributed by atoms with E-state index in [1.807, 2.05) is 24.3 Å². The Morgan fingerprint density at radius 1 is 1.03 bits per heavy atom. The fourth-order valence-electron chi connectivity index (χ4n) is 4.95. The van der Waals surface area contributed by atoms with Crippen molar-refractivity contribution in [1.82, 2.24) is 15.6 Å². The second-order valence-corrected chi connectivity index (χ2v) is 9.77. The van der Waals surface area contributed by atoms with E-state index in [0.717, 1.165) is 11.1 Å². The van der Waals surface area contributed by atoms with Crippen molar-refractivity contribution in [3.8, 4) is 11.1 Å². The minimum absolute atomic E-state index is 0.00255. The number of carboxylic acids is 1. The number of hydrogen-bond acceptors (Lipinski definition) is 6. The number of benzene rings is 2. The maximum Gasteiger partial charge on any atom is 0.407 e. The molecule has 3 N–H and O–H groups in total. The van der Waals surface area contributed by atoms with Crippen molar-refractivity contribution in [3.63, 3.8) is 0 Å². The molecular weight excluding hydrogens is 466 g/mol. The molecule has 2 unspecified atom stereocenters. The number of nitrogens with zero attached hydrogens (tertiary/aromatic N) is 1. The van der Waals surface area contributed by atoms with Crippen LogP contribution < -0.4 is 10.6 Å². The Kier molecular flexibility index (Phi) is 6.50. The maximum atomic E-state index is 12.5. The molecule has 2 aliphatic rings. The van der Waals surface area contributed by atoms with Crippen LogP contribution in [0.25, 0.3) is 11.1 Å². The van der Waals surface area contributed by atoms with Crippen LogP contribution >= 0.6 is 11.3 Å². The average molecular weight is 492 g/mol. The summed E-state index contributed by atoms with van der Waals surface area (Å²) in [6, 6.07) is 16.3. The SMILES string of the molecule is O=C(NC1CCC(C(=O)NCc2nc(C(=O)O)cs2)C1)OCC1c2ccccc2-c2ccccc21. The molecule has 8 nitrogen and oxygen atoms in total. The minimum Gasteiger partial charge on any atom is -0.476 e. The zero-order chi connectivity index (χ0) is 24.4. The van der Waals surface area contributed by atoms with E-state index in [2.05, 4.69) is 39.9 Å². The van der Waals surface area contributed by atoms with Gasteiger partial charge in [0.25, 0.3) is 0 Å². The largest absolute Gasteiger partial charge is 0.476 e. The number of amides is 2. The Labute approximate surface area is 206 Å². The van der Waals surface area contributed by atoms with E-state index in [4.69, 9.17) is 9.84 Å². The summed E-state index contributed by atoms with van der Waals surface area (Å²) in [5.41, 5.74) is 4.66. The topological polar surface area (TPSA) is 118 Å². The standard InChI is InChI=1S/C26H25N3O5S/c30-24(27-12-23-29-22(14-35-23)25(31)32)15-9-10-16(11-15)28-26(33)34-13-21-19-7-3-1-5-17(19)18-6-2-4-8-20(18)21/h1-8,14-16,21H,9-13H2,(H,27,30)(H,28,33)(H,31,32). The Morgan fingerprint density at radius 2 is 1.71 bits per heavy atom. The molecule has 9 heteroatoms. The van der Waals surface area contributed by atoms with E-state index in [-0.39, 0.29) is 42.6 Å². The monoisotopic (exact) mass is 491 g/mol. The lowest BCUT2D eigenvalue weighted by Crippen LogP contribution is -2.35. The van der Waals surface area contributed by atoms with Gasteiger partial charge in [-0.05, 0) is 41.5 Å². The highest BCUT2D eigenvalue weighted by Crippen LogP contribution is 2.44. The summed E-state index contributed by atoms with van der Waals surface area (Å²) in [7, 11) is 0. The molecule has 3 aromatic rings. The van der Waals surface area contributed by atoms with Crippen molar-refractivity contribution in [1.29, 1.82) is 0 Å². The molecule has 180 valence electrons. The van der Waals surface area contributed by atoms with E-state index in [0.29, 0.717) is 24.3 Å². The first-order valence-corrected chi connectivity index (χ1v) is 12.4. The number of ether oxygens (including phenoxy) is 1. The molecule has 0 saturated heterocycles. The molecule has 2 atom stereocenters. The molecule has 0 bridgehead atoms. The lowest BCUT2D eigenvalue weighted by molar-refractivity contribution is -0.125. The third-order valence-corrected chi connectivity index (χ3v) is 7.50. The summed E-state index contributed by atoms with van der Waals surface area (Å²) in [6.45, 7) is 0.445. The fraction of sp³-hybridized carbons (Fsp3) is 0.308. The molecule has 0 aliphatic heterocycles. The lowest BCUT2D eigenvalue weighted by atomic mass is 9.98. The van der Waals surface area contributed by atoms with Crippen molar-refractivity contribution in [2.45, 2.75) is 37.8 Å². The molecule has 35 heavy (non-hydrogen) atoms. The van der Waals surface area contributed by atoms with Crippen LogP contribution in [0.15, 0.2) is 53.9 Å². The lowest BCUT2D eigenvalue weighted by Gasteiger charge is -2.17. The van der Waals surface area contributed by atoms with Gasteiger partial charge in [0, 0.05) is 23.3 Å². The predicted molar refractivity (Wildman–Crippen MR) is 130 cm³/mol. The van der Waals surface area contributed by atoms with E-state index in [1.54, 1.807) is 0 Å². The van der Waals surface area contributed by atoms with Gasteiger partial charge in [0.15, 0.2) is 5.69 Å². The molecule has 2 aliphatic carbocycles. The van der Waals surface area contributed by atoms with Crippen molar-refractivity contribution in [2.24, 2.45) is 5.92 Å². The predicted octanol–water partition coefficient (Wildman–Crippen LogP) is 4.16. The van der Waals surface area contributed by atoms with Crippen LogP contribution in [-0.4, -0.2) is 40.7 Å². The number of rotatable bonds is 7. The molecule has 1 heterocycles. The fourth-order valence-corrected chi connectivity index (χ4v) is 5.66. The molecule has 1 fully saturated rings. The second-order valence-electron chi connectivity index (χ2n) is 8.83. The van der Waals surface area contributed by atoms with Crippen molar-refractivity contribution >= 4 is 29.3 Å². The molecule has 5 rings (SSSR count). The molecule has 0 spiro atoms. The van der Waals surface area contributed by atoms with Gasteiger partial charge in [-0.1, -0.05) is 48.5 Å². The van der Waals surface area contributed by atoms with Crippen molar-refractivity contribution < 1.29 is 24.2 Å². The first kappa shape index (κ1) is 23.0. The van der Waals surface area contributed by atoms with Gasteiger partial charge in [0.1, 0.15) is 11.6 Å². The molecular formula is C26H25N3O5S. The molecule has 1 saturated carbocycles. The first-order valence-electron chi connectivity index (χ1n) is 11.6. The van der Waals surface area contributed by atoms with E-state index < -0.39 is 12.1 Å². The Hall–Kier alpha value is -3.72. The normalized spacial score (nSPS) is 18.5. The summed E-state index contributed by atoms with van der Waals surface area (Å²) in [6.07, 6.45) is 1.43. The van der Waals surface area contributed by atoms with Gasteiger partial charge < -0.3 is 20.5 Å². The number of thiazole rings is 1. The highest BCUT2D eigenvalue weighted by Gasteiger charge is 2.32. The van der Waals surface area contributed by atoms with Crippen LogP contribution in [0.2, 0.25) is 0 Å². The van der Waals surface area contributed by atoms with Gasteiger partial charge in [0.05, 0.1) is 6.54 Å². The van der Waals surface area contributed by atoms with Crippen LogP contribution in [0.5, 0.6) is 0 Å². The van der Waals surface area contributed by atoms with Crippen LogP contribution in [0, 0.1) is 5.92 Å². The van der Waals surface area contributed by atoms with E-state index in [9.17, 15) is 14.4 Å². The third kappa shape index (κ3) is 4.90. The van der Waals surface area contributed by atoms with Gasteiger partial charge in [-0.25, -0.2) is 14.6 Å². The quantitative estimate of drug-likeness (QED) is 0.457. The number of carbonyl (C=O) groups is 3. The van der Waals surface area contributed by atoms with Crippen LogP contribution in [0.1, 0.15) is 51.8 Å². The zero-order valence-corrected chi connectivity index (χ0v) is 19.7. The summed E-state index contributed by atoms with van der Waals surface area (Å²) in [4.78, 5) is 40.0. The number of fused-ring (bicyclic) bond motifs is 3. The van der Waals surface area contributed by atoms with Gasteiger partial charge in [-0.15, -0.1) is 11.3 Å². The number of aromatic nitrogens is 1. The van der Waals surface area contributed by atoms with Gasteiger partial charge in [-0.2, -0.15) is 0 Å². The van der Waals surface area contributed by atoms with Crippen molar-refractivity contribution in [2.75, 3.05) is 6.61 Å². The zero-order valence-electron chi connectivity index (χ0n) is 18.9. The summed E-state index contributed by atoms with van der Waals surface area (Å²) in [5.74, 6) is -1.42. The van der Waals surface area contributed by atoms with Crippen LogP contribution in [-0.2, 0) is 16.1 Å². The molecule has 1 aromatic heterocycles. The highest BCUT2D eigenvalue weighted by atomic mass is 32.1. The Bertz CT molecular complexity index is 1230. The smallest absolute Gasteiger partial charge is 0.407 e. The van der Waals surface area contributed by atoms with Crippen LogP contribution in [0.3, 0.4) is 0 Å². The number of nitrogens with one attached hydrogen (secondary N) is 2. The third-order valence-electron chi connectivity index (χ3n) is 6.65. The van der Waals surface area contributed by atoms with Gasteiger partial charge in [-0.3, -0.25) is 4.79 Å². The summed E-state index contributed by atoms with van der Waals surface area (Å²) in [5, 5.41) is 16.7. The Balaban J connectivity index is 1.10. The Morgan fingerprint density at radius 3 is 2.37 bits per heavy atom. The molecule has 2 amide bonds. The summed E-state index contributed by atoms with van der Waals surface area (Å²) < 4.78 is 5.62. The molecule has 0 radical (unpaired) electrons. The number of hydrogen-bond donors (Lipinski definition) is 3. The molecule has 2 aromatic carbocycles. The summed E-state index contributed by atoms with van der Waals surface area (Å²) >= 11 is 1.20. The second kappa shape index (κ2) is 9.87. The first-order chi connectivity index (χ1) is 17.0.